The number of primary amides is 1. The highest BCUT2D eigenvalue weighted by atomic mass is 19.4. The third-order valence-corrected chi connectivity index (χ3v) is 3.94. The van der Waals surface area contributed by atoms with E-state index >= 15 is 0 Å². The van der Waals surface area contributed by atoms with Crippen LogP contribution in [-0.2, 0) is 11.0 Å². The van der Waals surface area contributed by atoms with Gasteiger partial charge in [-0.3, -0.25) is 4.79 Å². The minimum absolute atomic E-state index is 0.157. The Morgan fingerprint density at radius 1 is 1.31 bits per heavy atom. The van der Waals surface area contributed by atoms with Crippen LogP contribution < -0.4 is 16.4 Å². The molecule has 6 nitrogen and oxygen atoms in total. The van der Waals surface area contributed by atoms with Crippen molar-refractivity contribution in [3.8, 4) is 0 Å². The molecule has 1 aliphatic carbocycles. The number of nitrogens with one attached hydrogen (secondary N) is 2. The summed E-state index contributed by atoms with van der Waals surface area (Å²) in [5.74, 6) is 0.684. The maximum atomic E-state index is 12.8. The fraction of sp³-hybridized carbons (Fsp3) is 0.353. The third kappa shape index (κ3) is 4.62. The molecule has 1 amide bonds. The van der Waals surface area contributed by atoms with E-state index in [1.54, 1.807) is 6.20 Å². The van der Waals surface area contributed by atoms with Gasteiger partial charge in [0.1, 0.15) is 5.82 Å². The van der Waals surface area contributed by atoms with E-state index in [0.717, 1.165) is 30.5 Å². The summed E-state index contributed by atoms with van der Waals surface area (Å²) in [5, 5.41) is 5.84. The van der Waals surface area contributed by atoms with Crippen molar-refractivity contribution in [2.24, 2.45) is 5.73 Å². The van der Waals surface area contributed by atoms with Crippen LogP contribution in [0.4, 0.5) is 30.6 Å². The van der Waals surface area contributed by atoms with E-state index < -0.39 is 17.6 Å². The van der Waals surface area contributed by atoms with Gasteiger partial charge in [-0.15, -0.1) is 0 Å². The summed E-state index contributed by atoms with van der Waals surface area (Å²) >= 11 is 0. The second-order valence-electron chi connectivity index (χ2n) is 6.12. The summed E-state index contributed by atoms with van der Waals surface area (Å²) in [5.41, 5.74) is 5.55. The van der Waals surface area contributed by atoms with Crippen LogP contribution >= 0.6 is 0 Å². The van der Waals surface area contributed by atoms with Crippen LogP contribution in [-0.4, -0.2) is 22.4 Å². The maximum absolute atomic E-state index is 12.8. The van der Waals surface area contributed by atoms with Gasteiger partial charge in [0.05, 0.1) is 5.56 Å². The van der Waals surface area contributed by atoms with Gasteiger partial charge in [-0.2, -0.15) is 18.2 Å². The predicted octanol–water partition coefficient (Wildman–Crippen LogP) is 3.40. The third-order valence-electron chi connectivity index (χ3n) is 3.94. The van der Waals surface area contributed by atoms with Crippen LogP contribution in [0, 0.1) is 0 Å². The minimum Gasteiger partial charge on any atom is -0.370 e. The van der Waals surface area contributed by atoms with Gasteiger partial charge < -0.3 is 16.4 Å². The number of hydrogen-bond donors (Lipinski definition) is 3. The van der Waals surface area contributed by atoms with Crippen LogP contribution in [0.5, 0.6) is 0 Å². The zero-order chi connectivity index (χ0) is 18.7. The first-order valence-electron chi connectivity index (χ1n) is 8.16. The number of anilines is 3. The summed E-state index contributed by atoms with van der Waals surface area (Å²) in [6, 6.07) is 4.82. The molecular weight excluding hydrogens is 347 g/mol. The summed E-state index contributed by atoms with van der Waals surface area (Å²) in [6.07, 6.45) is -0.532. The number of nitrogens with two attached hydrogens (primary N) is 1. The van der Waals surface area contributed by atoms with E-state index in [2.05, 4.69) is 20.6 Å². The average molecular weight is 365 g/mol. The lowest BCUT2D eigenvalue weighted by Crippen LogP contribution is -2.17. The van der Waals surface area contributed by atoms with E-state index in [0.29, 0.717) is 18.3 Å². The molecular formula is C17H18F3N5O. The normalized spacial score (nSPS) is 14.1. The molecule has 138 valence electrons. The first-order valence-corrected chi connectivity index (χ1v) is 8.16. The van der Waals surface area contributed by atoms with Gasteiger partial charge in [-0.05, 0) is 37.0 Å². The Bertz CT molecular complexity index is 805. The van der Waals surface area contributed by atoms with Crippen LogP contribution in [0.3, 0.4) is 0 Å². The van der Waals surface area contributed by atoms with Gasteiger partial charge in [0.25, 0.3) is 0 Å². The lowest BCUT2D eigenvalue weighted by atomic mass is 10.2. The van der Waals surface area contributed by atoms with Crippen molar-refractivity contribution in [2.45, 2.75) is 31.4 Å². The van der Waals surface area contributed by atoms with E-state index in [1.807, 2.05) is 0 Å². The number of nitrogens with zero attached hydrogens (tertiary/aromatic N) is 2. The van der Waals surface area contributed by atoms with Crippen molar-refractivity contribution in [3.05, 3.63) is 41.6 Å². The van der Waals surface area contributed by atoms with Crippen LogP contribution in [0.2, 0.25) is 0 Å². The standard InChI is InChI=1S/C17H18F3N5O/c18-17(19,20)11-2-1-3-12(8-11)24-16-23-9-13(10-4-5-10)15(25-16)22-7-6-14(21)26/h1-3,8-10H,4-7H2,(H2,21,26)(H2,22,23,24,25). The van der Waals surface area contributed by atoms with Crippen molar-refractivity contribution in [1.82, 2.24) is 9.97 Å². The molecule has 26 heavy (non-hydrogen) atoms. The number of carbonyl (C=O) groups is 1. The van der Waals surface area contributed by atoms with Crippen molar-refractivity contribution in [3.63, 3.8) is 0 Å². The molecule has 0 saturated heterocycles. The molecule has 1 aliphatic rings. The second-order valence-corrected chi connectivity index (χ2v) is 6.12. The maximum Gasteiger partial charge on any atom is 0.416 e. The molecule has 1 aromatic carbocycles. The zero-order valence-corrected chi connectivity index (χ0v) is 13.8. The highest BCUT2D eigenvalue weighted by molar-refractivity contribution is 5.74. The molecule has 1 fully saturated rings. The summed E-state index contributed by atoms with van der Waals surface area (Å²) < 4.78 is 38.5. The van der Waals surface area contributed by atoms with E-state index in [9.17, 15) is 18.0 Å². The predicted molar refractivity (Wildman–Crippen MR) is 91.0 cm³/mol. The summed E-state index contributed by atoms with van der Waals surface area (Å²) in [6.45, 7) is 0.328. The van der Waals surface area contributed by atoms with Gasteiger partial charge >= 0.3 is 6.18 Å². The number of hydrogen-bond acceptors (Lipinski definition) is 5. The first kappa shape index (κ1) is 18.0. The van der Waals surface area contributed by atoms with Crippen LogP contribution in [0.1, 0.15) is 36.3 Å². The molecule has 3 rings (SSSR count). The number of halogens is 3. The number of carbonyl (C=O) groups excluding carboxylic acids is 1. The lowest BCUT2D eigenvalue weighted by molar-refractivity contribution is -0.137. The average Bonchev–Trinajstić information content (AvgIpc) is 3.39. The molecule has 0 atom stereocenters. The fourth-order valence-corrected chi connectivity index (χ4v) is 2.49. The minimum atomic E-state index is -4.42. The first-order chi connectivity index (χ1) is 12.3. The van der Waals surface area contributed by atoms with Crippen LogP contribution in [0.15, 0.2) is 30.5 Å². The van der Waals surface area contributed by atoms with E-state index in [-0.39, 0.29) is 18.1 Å². The highest BCUT2D eigenvalue weighted by Crippen LogP contribution is 2.42. The largest absolute Gasteiger partial charge is 0.416 e. The molecule has 4 N–H and O–H groups in total. The fourth-order valence-electron chi connectivity index (χ4n) is 2.49. The molecule has 9 heteroatoms. The van der Waals surface area contributed by atoms with Crippen molar-refractivity contribution in [1.29, 1.82) is 0 Å². The second kappa shape index (κ2) is 7.19. The Kier molecular flexibility index (Phi) is 4.97. The number of benzene rings is 1. The van der Waals surface area contributed by atoms with Crippen molar-refractivity contribution < 1.29 is 18.0 Å². The van der Waals surface area contributed by atoms with Gasteiger partial charge in [0.15, 0.2) is 0 Å². The Hall–Kier alpha value is -2.84. The van der Waals surface area contributed by atoms with Gasteiger partial charge in [0.2, 0.25) is 11.9 Å². The van der Waals surface area contributed by atoms with Gasteiger partial charge in [0, 0.05) is 30.4 Å². The van der Waals surface area contributed by atoms with Crippen molar-refractivity contribution >= 4 is 23.4 Å². The number of amides is 1. The lowest BCUT2D eigenvalue weighted by Gasteiger charge is -2.13. The monoisotopic (exact) mass is 365 g/mol. The Balaban J connectivity index is 1.78. The number of aromatic nitrogens is 2. The molecule has 0 spiro atoms. The molecule has 0 aliphatic heterocycles. The topological polar surface area (TPSA) is 92.9 Å². The zero-order valence-electron chi connectivity index (χ0n) is 13.8. The van der Waals surface area contributed by atoms with Crippen LogP contribution in [0.25, 0.3) is 0 Å². The molecule has 2 aromatic rings. The van der Waals surface area contributed by atoms with Crippen molar-refractivity contribution in [2.75, 3.05) is 17.2 Å². The molecule has 0 unspecified atom stereocenters. The molecule has 1 aromatic heterocycles. The molecule has 0 radical (unpaired) electrons. The molecule has 0 bridgehead atoms. The van der Waals surface area contributed by atoms with Gasteiger partial charge in [-0.25, -0.2) is 4.98 Å². The number of rotatable bonds is 7. The highest BCUT2D eigenvalue weighted by Gasteiger charge is 2.30. The summed E-state index contributed by atoms with van der Waals surface area (Å²) in [4.78, 5) is 19.4. The van der Waals surface area contributed by atoms with E-state index in [4.69, 9.17) is 5.73 Å². The smallest absolute Gasteiger partial charge is 0.370 e. The van der Waals surface area contributed by atoms with Gasteiger partial charge in [-0.1, -0.05) is 6.07 Å². The Morgan fingerprint density at radius 2 is 2.08 bits per heavy atom. The van der Waals surface area contributed by atoms with E-state index in [1.165, 1.54) is 12.1 Å². The number of alkyl halides is 3. The molecule has 1 heterocycles. The molecule has 1 saturated carbocycles. The Morgan fingerprint density at radius 3 is 2.73 bits per heavy atom. The quantitative estimate of drug-likeness (QED) is 0.699. The SMILES string of the molecule is NC(=O)CCNc1nc(Nc2cccc(C(F)(F)F)c2)ncc1C1CC1. The Labute approximate surface area is 148 Å². The summed E-state index contributed by atoms with van der Waals surface area (Å²) in [7, 11) is 0.